The van der Waals surface area contributed by atoms with Crippen LogP contribution in [0.25, 0.3) is 10.9 Å². The Labute approximate surface area is 222 Å². The van der Waals surface area contributed by atoms with Crippen molar-refractivity contribution in [2.45, 2.75) is 33.4 Å². The number of rotatable bonds is 9. The first-order valence-electron chi connectivity index (χ1n) is 11.6. The lowest BCUT2D eigenvalue weighted by Gasteiger charge is -2.26. The zero-order valence-electron chi connectivity index (χ0n) is 20.6. The predicted octanol–water partition coefficient (Wildman–Crippen LogP) is 4.41. The molecule has 3 aromatic heterocycles. The first-order valence-corrected chi connectivity index (χ1v) is 12.4. The van der Waals surface area contributed by atoms with Gasteiger partial charge in [-0.3, -0.25) is 14.4 Å². The van der Waals surface area contributed by atoms with Crippen molar-refractivity contribution in [2.24, 2.45) is 0 Å². The van der Waals surface area contributed by atoms with Gasteiger partial charge < -0.3 is 20.1 Å². The molecule has 0 aliphatic heterocycles. The lowest BCUT2D eigenvalue weighted by molar-refractivity contribution is -0.136. The smallest absolute Gasteiger partial charge is 0.245 e. The molecule has 0 radical (unpaired) electrons. The molecule has 0 aliphatic rings. The van der Waals surface area contributed by atoms with E-state index in [1.54, 1.807) is 41.4 Å². The third-order valence-electron chi connectivity index (χ3n) is 5.66. The van der Waals surface area contributed by atoms with Crippen molar-refractivity contribution in [3.8, 4) is 0 Å². The standard InChI is InChI=1S/C26H26BrN7O3/c1-16(2)34(13-25(36)32-24-6-4-5-23(27)31-24)26(37)14-33-12-21(17(3)35)20-9-18(7-8-22(20)33)30-19-10-28-15-29-11-19/h4-12,15-16,30H,13-14H2,1-3H3,(H,31,32,36). The van der Waals surface area contributed by atoms with Gasteiger partial charge in [0.05, 0.1) is 18.1 Å². The van der Waals surface area contributed by atoms with E-state index >= 15 is 0 Å². The average molecular weight is 564 g/mol. The average Bonchev–Trinajstić information content (AvgIpc) is 3.20. The van der Waals surface area contributed by atoms with Crippen molar-refractivity contribution >= 4 is 61.6 Å². The maximum absolute atomic E-state index is 13.3. The summed E-state index contributed by atoms with van der Waals surface area (Å²) >= 11 is 3.28. The molecule has 4 rings (SSSR count). The third-order valence-corrected chi connectivity index (χ3v) is 6.10. The van der Waals surface area contributed by atoms with Crippen molar-refractivity contribution in [2.75, 3.05) is 17.2 Å². The van der Waals surface area contributed by atoms with Crippen LogP contribution in [0.2, 0.25) is 0 Å². The number of amides is 2. The third kappa shape index (κ3) is 6.36. The summed E-state index contributed by atoms with van der Waals surface area (Å²) in [5.41, 5.74) is 2.71. The Morgan fingerprint density at radius 3 is 2.51 bits per heavy atom. The molecule has 2 amide bonds. The van der Waals surface area contributed by atoms with E-state index in [0.29, 0.717) is 21.7 Å². The summed E-state index contributed by atoms with van der Waals surface area (Å²) in [4.78, 5) is 52.1. The Balaban J connectivity index is 1.54. The maximum Gasteiger partial charge on any atom is 0.245 e. The molecule has 11 heteroatoms. The van der Waals surface area contributed by atoms with E-state index in [0.717, 1.165) is 16.6 Å². The highest BCUT2D eigenvalue weighted by molar-refractivity contribution is 9.10. The Bertz CT molecular complexity index is 1450. The van der Waals surface area contributed by atoms with Gasteiger partial charge in [-0.05, 0) is 67.0 Å². The molecule has 3 heterocycles. The number of pyridine rings is 1. The lowest BCUT2D eigenvalue weighted by atomic mass is 10.1. The van der Waals surface area contributed by atoms with Crippen LogP contribution in [0.1, 0.15) is 31.1 Å². The zero-order valence-corrected chi connectivity index (χ0v) is 22.2. The molecule has 0 unspecified atom stereocenters. The molecule has 4 aromatic rings. The number of carbonyl (C=O) groups excluding carboxylic acids is 3. The maximum atomic E-state index is 13.3. The summed E-state index contributed by atoms with van der Waals surface area (Å²) in [6, 6.07) is 10.5. The highest BCUT2D eigenvalue weighted by Crippen LogP contribution is 2.27. The molecule has 0 aliphatic carbocycles. The summed E-state index contributed by atoms with van der Waals surface area (Å²) in [7, 11) is 0. The number of hydrogen-bond donors (Lipinski definition) is 2. The van der Waals surface area contributed by atoms with Gasteiger partial charge in [0.25, 0.3) is 0 Å². The summed E-state index contributed by atoms with van der Waals surface area (Å²) in [5, 5.41) is 6.66. The van der Waals surface area contributed by atoms with Gasteiger partial charge in [-0.15, -0.1) is 0 Å². The minimum Gasteiger partial charge on any atom is -0.353 e. The van der Waals surface area contributed by atoms with Gasteiger partial charge in [-0.1, -0.05) is 6.07 Å². The van der Waals surface area contributed by atoms with Crippen LogP contribution in [0.15, 0.2) is 65.9 Å². The summed E-state index contributed by atoms with van der Waals surface area (Å²) < 4.78 is 2.34. The van der Waals surface area contributed by atoms with Gasteiger partial charge in [-0.25, -0.2) is 15.0 Å². The quantitative estimate of drug-likeness (QED) is 0.228. The van der Waals surface area contributed by atoms with Crippen LogP contribution in [0.5, 0.6) is 0 Å². The molecule has 0 atom stereocenters. The Morgan fingerprint density at radius 2 is 1.84 bits per heavy atom. The number of hydrogen-bond acceptors (Lipinski definition) is 7. The fraction of sp³-hybridized carbons (Fsp3) is 0.231. The van der Waals surface area contributed by atoms with Crippen molar-refractivity contribution in [1.82, 2.24) is 24.4 Å². The van der Waals surface area contributed by atoms with E-state index in [1.807, 2.05) is 32.0 Å². The normalized spacial score (nSPS) is 10.9. The number of nitrogens with one attached hydrogen (secondary N) is 2. The second-order valence-electron chi connectivity index (χ2n) is 8.72. The summed E-state index contributed by atoms with van der Waals surface area (Å²) in [6.07, 6.45) is 6.43. The molecule has 0 saturated carbocycles. The fourth-order valence-electron chi connectivity index (χ4n) is 3.93. The number of nitrogens with zero attached hydrogens (tertiary/aromatic N) is 5. The van der Waals surface area contributed by atoms with Crippen molar-refractivity contribution in [1.29, 1.82) is 0 Å². The minimum absolute atomic E-state index is 0.0241. The summed E-state index contributed by atoms with van der Waals surface area (Å²) in [6.45, 7) is 5.04. The van der Waals surface area contributed by atoms with E-state index in [4.69, 9.17) is 0 Å². The molecule has 0 bridgehead atoms. The van der Waals surface area contributed by atoms with E-state index in [9.17, 15) is 14.4 Å². The van der Waals surface area contributed by atoms with Gasteiger partial charge in [-0.2, -0.15) is 0 Å². The number of anilines is 3. The molecular formula is C26H26BrN7O3. The minimum atomic E-state index is -0.352. The summed E-state index contributed by atoms with van der Waals surface area (Å²) in [5.74, 6) is -0.319. The molecule has 37 heavy (non-hydrogen) atoms. The van der Waals surface area contributed by atoms with Gasteiger partial charge >= 0.3 is 0 Å². The lowest BCUT2D eigenvalue weighted by Crippen LogP contribution is -2.43. The van der Waals surface area contributed by atoms with E-state index in [2.05, 4.69) is 41.5 Å². The van der Waals surface area contributed by atoms with Crippen LogP contribution in [0, 0.1) is 0 Å². The first-order chi connectivity index (χ1) is 17.7. The zero-order chi connectivity index (χ0) is 26.5. The van der Waals surface area contributed by atoms with Crippen molar-refractivity contribution in [3.05, 3.63) is 71.5 Å². The molecular weight excluding hydrogens is 538 g/mol. The van der Waals surface area contributed by atoms with E-state index in [1.165, 1.54) is 18.2 Å². The topological polar surface area (TPSA) is 122 Å². The first kappa shape index (κ1) is 26.0. The largest absolute Gasteiger partial charge is 0.353 e. The van der Waals surface area contributed by atoms with Crippen LogP contribution >= 0.6 is 15.9 Å². The highest BCUT2D eigenvalue weighted by atomic mass is 79.9. The number of Topliss-reactive ketones (excluding diaryl/α,β-unsaturated/α-hetero) is 1. The van der Waals surface area contributed by atoms with Crippen LogP contribution in [-0.2, 0) is 16.1 Å². The monoisotopic (exact) mass is 563 g/mol. The number of benzene rings is 1. The molecule has 0 fully saturated rings. The van der Waals surface area contributed by atoms with Crippen molar-refractivity contribution < 1.29 is 14.4 Å². The molecule has 1 aromatic carbocycles. The van der Waals surface area contributed by atoms with Crippen LogP contribution in [-0.4, -0.2) is 54.6 Å². The van der Waals surface area contributed by atoms with Gasteiger partial charge in [0, 0.05) is 34.4 Å². The van der Waals surface area contributed by atoms with Gasteiger partial charge in [0.1, 0.15) is 29.8 Å². The molecule has 0 saturated heterocycles. The van der Waals surface area contributed by atoms with Gasteiger partial charge in [0.2, 0.25) is 11.8 Å². The second kappa shape index (κ2) is 11.3. The van der Waals surface area contributed by atoms with E-state index < -0.39 is 0 Å². The number of halogens is 1. The number of aromatic nitrogens is 4. The van der Waals surface area contributed by atoms with Crippen LogP contribution in [0.4, 0.5) is 17.2 Å². The highest BCUT2D eigenvalue weighted by Gasteiger charge is 2.22. The molecule has 2 N–H and O–H groups in total. The Hall–Kier alpha value is -4.12. The number of fused-ring (bicyclic) bond motifs is 1. The van der Waals surface area contributed by atoms with E-state index in [-0.39, 0.29) is 36.7 Å². The Kier molecular flexibility index (Phi) is 7.92. The molecule has 10 nitrogen and oxygen atoms in total. The molecule has 190 valence electrons. The van der Waals surface area contributed by atoms with Crippen LogP contribution in [0.3, 0.4) is 0 Å². The predicted molar refractivity (Wildman–Crippen MR) is 145 cm³/mol. The van der Waals surface area contributed by atoms with Crippen molar-refractivity contribution in [3.63, 3.8) is 0 Å². The van der Waals surface area contributed by atoms with Crippen LogP contribution < -0.4 is 10.6 Å². The number of ketones is 1. The van der Waals surface area contributed by atoms with Gasteiger partial charge in [0.15, 0.2) is 5.78 Å². The molecule has 0 spiro atoms. The SMILES string of the molecule is CC(=O)c1cn(CC(=O)N(CC(=O)Nc2cccc(Br)n2)C(C)C)c2ccc(Nc3cncnc3)cc12. The number of carbonyl (C=O) groups is 3. The Morgan fingerprint density at radius 1 is 1.08 bits per heavy atom. The fourth-order valence-corrected chi connectivity index (χ4v) is 4.27. The second-order valence-corrected chi connectivity index (χ2v) is 9.53.